The van der Waals surface area contributed by atoms with Crippen LogP contribution in [-0.2, 0) is 0 Å². The first kappa shape index (κ1) is 13.4. The summed E-state index contributed by atoms with van der Waals surface area (Å²) < 4.78 is 0. The molecule has 3 nitrogen and oxygen atoms in total. The minimum Gasteiger partial charge on any atom is -0.299 e. The van der Waals surface area contributed by atoms with E-state index in [4.69, 9.17) is 5.26 Å². The van der Waals surface area contributed by atoms with Crippen molar-refractivity contribution in [2.24, 2.45) is 5.92 Å². The molecule has 2 unspecified atom stereocenters. The lowest BCUT2D eigenvalue weighted by Gasteiger charge is -2.28. The van der Waals surface area contributed by atoms with Gasteiger partial charge in [0, 0.05) is 31.7 Å². The maximum Gasteiger partial charge on any atom is 0.0669 e. The van der Waals surface area contributed by atoms with E-state index in [2.05, 4.69) is 15.9 Å². The molecule has 1 aliphatic carbocycles. The molecule has 1 saturated carbocycles. The lowest BCUT2D eigenvalue weighted by molar-refractivity contribution is 0.186. The molecule has 0 amide bonds. The molecule has 0 aromatic carbocycles. The van der Waals surface area contributed by atoms with E-state index in [1.54, 1.807) is 0 Å². The lowest BCUT2D eigenvalue weighted by Crippen LogP contribution is -2.39. The van der Waals surface area contributed by atoms with Crippen molar-refractivity contribution in [1.29, 1.82) is 5.26 Å². The van der Waals surface area contributed by atoms with Crippen molar-refractivity contribution < 1.29 is 0 Å². The first-order valence-corrected chi connectivity index (χ1v) is 8.24. The summed E-state index contributed by atoms with van der Waals surface area (Å²) >= 11 is 0. The highest BCUT2D eigenvalue weighted by Gasteiger charge is 2.34. The summed E-state index contributed by atoms with van der Waals surface area (Å²) in [5.41, 5.74) is 0. The largest absolute Gasteiger partial charge is 0.299 e. The fourth-order valence-electron chi connectivity index (χ4n) is 4.25. The van der Waals surface area contributed by atoms with Gasteiger partial charge in [0.2, 0.25) is 0 Å². The maximum atomic E-state index is 9.03. The molecule has 2 atom stereocenters. The van der Waals surface area contributed by atoms with E-state index in [1.165, 1.54) is 58.0 Å². The Balaban J connectivity index is 1.51. The Morgan fingerprint density at radius 1 is 0.737 bits per heavy atom. The Kier molecular flexibility index (Phi) is 4.40. The summed E-state index contributed by atoms with van der Waals surface area (Å²) in [5.74, 6) is 0.298. The van der Waals surface area contributed by atoms with Crippen LogP contribution < -0.4 is 0 Å². The number of rotatable bonds is 2. The molecule has 106 valence electrons. The summed E-state index contributed by atoms with van der Waals surface area (Å²) in [7, 11) is 0. The predicted octanol–water partition coefficient (Wildman–Crippen LogP) is 2.63. The molecule has 0 aromatic heterocycles. The van der Waals surface area contributed by atoms with Crippen LogP contribution in [0, 0.1) is 17.2 Å². The molecule has 19 heavy (non-hydrogen) atoms. The second-order valence-electron chi connectivity index (χ2n) is 6.69. The highest BCUT2D eigenvalue weighted by atomic mass is 15.3. The van der Waals surface area contributed by atoms with Gasteiger partial charge in [0.1, 0.15) is 0 Å². The van der Waals surface area contributed by atoms with Gasteiger partial charge in [-0.1, -0.05) is 25.7 Å². The molecule has 2 heterocycles. The molecule has 3 heteroatoms. The summed E-state index contributed by atoms with van der Waals surface area (Å²) in [6, 6.07) is 4.05. The van der Waals surface area contributed by atoms with E-state index in [9.17, 15) is 0 Å². The third-order valence-electron chi connectivity index (χ3n) is 5.45. The molecular formula is C16H27N3. The second-order valence-corrected chi connectivity index (χ2v) is 6.69. The molecule has 2 aliphatic heterocycles. The summed E-state index contributed by atoms with van der Waals surface area (Å²) in [5, 5.41) is 9.03. The van der Waals surface area contributed by atoms with Gasteiger partial charge in [0.25, 0.3) is 0 Å². The number of nitrogens with zero attached hydrogens (tertiary/aromatic N) is 3. The maximum absolute atomic E-state index is 9.03. The molecule has 0 aromatic rings. The van der Waals surface area contributed by atoms with Gasteiger partial charge < -0.3 is 0 Å². The van der Waals surface area contributed by atoms with Crippen LogP contribution in [0.4, 0.5) is 0 Å². The van der Waals surface area contributed by atoms with Crippen LogP contribution in [0.15, 0.2) is 0 Å². The minimum atomic E-state index is 0.298. The number of hydrogen-bond donors (Lipinski definition) is 0. The van der Waals surface area contributed by atoms with Gasteiger partial charge in [-0.05, 0) is 32.2 Å². The Labute approximate surface area is 117 Å². The summed E-state index contributed by atoms with van der Waals surface area (Å²) in [6.07, 6.45) is 11.0. The van der Waals surface area contributed by atoms with Crippen molar-refractivity contribution in [1.82, 2.24) is 9.80 Å². The van der Waals surface area contributed by atoms with Crippen molar-refractivity contribution >= 4 is 0 Å². The van der Waals surface area contributed by atoms with Crippen LogP contribution in [0.2, 0.25) is 0 Å². The summed E-state index contributed by atoms with van der Waals surface area (Å²) in [4.78, 5) is 5.35. The van der Waals surface area contributed by atoms with Crippen molar-refractivity contribution in [3.8, 4) is 6.07 Å². The summed E-state index contributed by atoms with van der Waals surface area (Å²) in [6.45, 7) is 4.74. The van der Waals surface area contributed by atoms with Crippen molar-refractivity contribution in [2.75, 3.05) is 26.2 Å². The highest BCUT2D eigenvalue weighted by Crippen LogP contribution is 2.28. The first-order valence-electron chi connectivity index (χ1n) is 8.24. The highest BCUT2D eigenvalue weighted by molar-refractivity contribution is 4.96. The number of hydrogen-bond acceptors (Lipinski definition) is 3. The number of likely N-dealkylation sites (tertiary alicyclic amines) is 2. The zero-order chi connectivity index (χ0) is 13.1. The monoisotopic (exact) mass is 261 g/mol. The molecule has 0 bridgehead atoms. The SMILES string of the molecule is N#CC1CCN(C2CCN(C3CCCCCC3)C2)C1. The first-order chi connectivity index (χ1) is 9.36. The Morgan fingerprint density at radius 3 is 2.11 bits per heavy atom. The zero-order valence-electron chi connectivity index (χ0n) is 12.1. The lowest BCUT2D eigenvalue weighted by atomic mass is 10.1. The van der Waals surface area contributed by atoms with E-state index < -0.39 is 0 Å². The van der Waals surface area contributed by atoms with Gasteiger partial charge in [-0.2, -0.15) is 5.26 Å². The average molecular weight is 261 g/mol. The Bertz CT molecular complexity index is 327. The third kappa shape index (κ3) is 3.12. The minimum absolute atomic E-state index is 0.298. The normalized spacial score (nSPS) is 35.3. The van der Waals surface area contributed by atoms with Crippen molar-refractivity contribution in [3.63, 3.8) is 0 Å². The topological polar surface area (TPSA) is 30.3 Å². The molecule has 3 rings (SSSR count). The van der Waals surface area contributed by atoms with Gasteiger partial charge in [0.05, 0.1) is 12.0 Å². The molecule has 0 spiro atoms. The van der Waals surface area contributed by atoms with Crippen LogP contribution >= 0.6 is 0 Å². The molecule has 3 aliphatic rings. The van der Waals surface area contributed by atoms with Crippen LogP contribution in [0.5, 0.6) is 0 Å². The van der Waals surface area contributed by atoms with E-state index in [0.29, 0.717) is 5.92 Å². The molecule has 3 fully saturated rings. The second kappa shape index (κ2) is 6.24. The fourth-order valence-corrected chi connectivity index (χ4v) is 4.25. The van der Waals surface area contributed by atoms with Crippen molar-refractivity contribution in [2.45, 2.75) is 63.5 Å². The third-order valence-corrected chi connectivity index (χ3v) is 5.45. The van der Waals surface area contributed by atoms with Gasteiger partial charge in [-0.15, -0.1) is 0 Å². The molecule has 0 radical (unpaired) electrons. The van der Waals surface area contributed by atoms with Gasteiger partial charge >= 0.3 is 0 Å². The Hall–Kier alpha value is -0.590. The van der Waals surface area contributed by atoms with E-state index in [-0.39, 0.29) is 0 Å². The van der Waals surface area contributed by atoms with Crippen LogP contribution in [0.25, 0.3) is 0 Å². The van der Waals surface area contributed by atoms with E-state index in [0.717, 1.165) is 31.6 Å². The zero-order valence-corrected chi connectivity index (χ0v) is 12.1. The van der Waals surface area contributed by atoms with Crippen LogP contribution in [-0.4, -0.2) is 48.1 Å². The van der Waals surface area contributed by atoms with E-state index in [1.807, 2.05) is 0 Å². The fraction of sp³-hybridized carbons (Fsp3) is 0.938. The molecule has 0 N–H and O–H groups in total. The van der Waals surface area contributed by atoms with Gasteiger partial charge in [-0.3, -0.25) is 9.80 Å². The number of nitriles is 1. The van der Waals surface area contributed by atoms with Gasteiger partial charge in [-0.25, -0.2) is 0 Å². The molecular weight excluding hydrogens is 234 g/mol. The average Bonchev–Trinajstić information content (AvgIpc) is 3.02. The van der Waals surface area contributed by atoms with Crippen molar-refractivity contribution in [3.05, 3.63) is 0 Å². The van der Waals surface area contributed by atoms with E-state index >= 15 is 0 Å². The molecule has 2 saturated heterocycles. The standard InChI is InChI=1S/C16H27N3/c17-11-14-7-9-18(12-14)16-8-10-19(13-16)15-5-3-1-2-4-6-15/h14-16H,1-10,12-13H2. The predicted molar refractivity (Wildman–Crippen MR) is 76.8 cm³/mol. The van der Waals surface area contributed by atoms with Crippen LogP contribution in [0.3, 0.4) is 0 Å². The van der Waals surface area contributed by atoms with Gasteiger partial charge in [0.15, 0.2) is 0 Å². The smallest absolute Gasteiger partial charge is 0.0669 e. The van der Waals surface area contributed by atoms with Crippen LogP contribution in [0.1, 0.15) is 51.4 Å². The Morgan fingerprint density at radius 2 is 1.42 bits per heavy atom. The quantitative estimate of drug-likeness (QED) is 0.716.